The molecule has 5 heavy (non-hydrogen) atoms. The molecule has 0 unspecified atom stereocenters. The van der Waals surface area contributed by atoms with Gasteiger partial charge in [-0.3, -0.25) is 0 Å². The fourth-order valence-electron chi connectivity index (χ4n) is 0. The second-order valence-electron chi connectivity index (χ2n) is 0.247. The summed E-state index contributed by atoms with van der Waals surface area (Å²) in [7, 11) is 0. The molecular weight excluding hydrogens is 141 g/mol. The minimum absolute atomic E-state index is 0. The summed E-state index contributed by atoms with van der Waals surface area (Å²) in [5, 5.41) is 0. The van der Waals surface area contributed by atoms with Crippen molar-refractivity contribution < 1.29 is 0 Å². The number of hydrogen-bond acceptors (Lipinski definition) is 0. The molecule has 0 aliphatic carbocycles. The molecule has 0 aromatic rings. The molecule has 5 heteroatoms. The van der Waals surface area contributed by atoms with Gasteiger partial charge in [0.2, 0.25) is 0 Å². The molecule has 0 aromatic heterocycles. The van der Waals surface area contributed by atoms with Crippen molar-refractivity contribution in [1.82, 2.24) is 0 Å². The number of halogens is 3. The lowest BCUT2D eigenvalue weighted by Gasteiger charge is -1.61. The van der Waals surface area contributed by atoms with Gasteiger partial charge < -0.3 is 0 Å². The first kappa shape index (κ1) is 9.86. The molecule has 0 spiro atoms. The topological polar surface area (TPSA) is 0 Å². The van der Waals surface area contributed by atoms with Crippen LogP contribution < -0.4 is 0 Å². The van der Waals surface area contributed by atoms with Crippen LogP contribution in [0.25, 0.3) is 0 Å². The summed E-state index contributed by atoms with van der Waals surface area (Å²) in [6, 6.07) is 0. The van der Waals surface area contributed by atoms with E-state index in [4.69, 9.17) is 34.4 Å². The maximum Gasteiger partial charge on any atom is 0.450 e. The van der Waals surface area contributed by atoms with Gasteiger partial charge in [-0.05, 0) is 0 Å². The minimum Gasteiger partial charge on any atom is -0.150 e. The zero-order valence-corrected chi connectivity index (χ0v) is 3.98. The molecule has 0 heterocycles. The largest absolute Gasteiger partial charge is 0.450 e. The molecular formula is H2BCl3Mg. The predicted octanol–water partition coefficient (Wildman–Crippen LogP) is 0.771. The molecule has 0 fully saturated rings. The lowest BCUT2D eigenvalue weighted by molar-refractivity contribution is 4.07. The maximum atomic E-state index is 4.81. The third kappa shape index (κ3) is 27.0. The van der Waals surface area contributed by atoms with Gasteiger partial charge in [-0.2, -0.15) is 34.4 Å². The Morgan fingerprint density at radius 3 is 1.00 bits per heavy atom. The predicted molar refractivity (Wildman–Crippen MR) is 31.9 cm³/mol. The Hall–Kier alpha value is 1.70. The summed E-state index contributed by atoms with van der Waals surface area (Å²) in [5.41, 5.74) is 0. The molecule has 0 saturated heterocycles. The van der Waals surface area contributed by atoms with Crippen molar-refractivity contribution in [2.75, 3.05) is 0 Å². The van der Waals surface area contributed by atoms with Gasteiger partial charge in [0.15, 0.2) is 0 Å². The van der Waals surface area contributed by atoms with Crippen LogP contribution in [0, 0.1) is 0 Å². The number of rotatable bonds is 0. The highest BCUT2D eigenvalue weighted by Gasteiger charge is 1.91. The van der Waals surface area contributed by atoms with Crippen LogP contribution in [0.15, 0.2) is 0 Å². The van der Waals surface area contributed by atoms with E-state index < -0.39 is 4.96 Å². The van der Waals surface area contributed by atoms with Crippen LogP contribution in [0.1, 0.15) is 0 Å². The molecule has 0 aliphatic heterocycles. The Balaban J connectivity index is 0. The second kappa shape index (κ2) is 5.70. The quantitative estimate of drug-likeness (QED) is 0.440. The molecule has 0 nitrogen and oxygen atoms in total. The molecule has 0 saturated carbocycles. The van der Waals surface area contributed by atoms with Crippen molar-refractivity contribution in [3.05, 3.63) is 0 Å². The van der Waals surface area contributed by atoms with E-state index in [-0.39, 0.29) is 23.1 Å². The van der Waals surface area contributed by atoms with Crippen LogP contribution in [0.5, 0.6) is 0 Å². The van der Waals surface area contributed by atoms with Crippen LogP contribution in [-0.4, -0.2) is 28.0 Å². The second-order valence-corrected chi connectivity index (χ2v) is 2.23. The van der Waals surface area contributed by atoms with Crippen molar-refractivity contribution >= 4 is 62.4 Å². The van der Waals surface area contributed by atoms with Crippen molar-refractivity contribution in [3.8, 4) is 0 Å². The van der Waals surface area contributed by atoms with E-state index >= 15 is 0 Å². The van der Waals surface area contributed by atoms with E-state index in [0.29, 0.717) is 0 Å². The summed E-state index contributed by atoms with van der Waals surface area (Å²) < 4.78 is 0. The van der Waals surface area contributed by atoms with Gasteiger partial charge in [0.1, 0.15) is 0 Å². The molecule has 0 amide bonds. The summed E-state index contributed by atoms with van der Waals surface area (Å²) in [6.07, 6.45) is 0. The van der Waals surface area contributed by atoms with Crippen molar-refractivity contribution in [2.24, 2.45) is 0 Å². The van der Waals surface area contributed by atoms with Crippen molar-refractivity contribution in [1.29, 1.82) is 0 Å². The monoisotopic (exact) mass is 142 g/mol. The summed E-state index contributed by atoms with van der Waals surface area (Å²) in [6.45, 7) is 0. The van der Waals surface area contributed by atoms with E-state index in [0.717, 1.165) is 0 Å². The third-order valence-electron chi connectivity index (χ3n) is 0. The van der Waals surface area contributed by atoms with Crippen LogP contribution in [0.3, 0.4) is 0 Å². The van der Waals surface area contributed by atoms with Gasteiger partial charge in [-0.15, -0.1) is 0 Å². The zero-order valence-electron chi connectivity index (χ0n) is 1.71. The minimum atomic E-state index is -0.750. The van der Waals surface area contributed by atoms with Gasteiger partial charge in [-0.1, -0.05) is 0 Å². The molecule has 28 valence electrons. The Morgan fingerprint density at radius 1 is 1.00 bits per heavy atom. The van der Waals surface area contributed by atoms with Gasteiger partial charge >= 0.3 is 28.0 Å². The normalized spacial score (nSPS) is 5.40. The van der Waals surface area contributed by atoms with E-state index in [9.17, 15) is 0 Å². The standard InChI is InChI=1S/BCl3.Mg.2H/c2-1(3)4;;;. The lowest BCUT2D eigenvalue weighted by atomic mass is 10.7. The Labute approximate surface area is 62.1 Å². The van der Waals surface area contributed by atoms with Gasteiger partial charge in [0.05, 0.1) is 0 Å². The highest BCUT2D eigenvalue weighted by molar-refractivity contribution is 7.54. The third-order valence-corrected chi connectivity index (χ3v) is 0. The zero-order chi connectivity index (χ0) is 3.58. The summed E-state index contributed by atoms with van der Waals surface area (Å²) in [5.74, 6) is 0. The molecule has 0 N–H and O–H groups in total. The molecule has 0 atom stereocenters. The van der Waals surface area contributed by atoms with Gasteiger partial charge in [0, 0.05) is 0 Å². The van der Waals surface area contributed by atoms with Crippen LogP contribution in [-0.2, 0) is 0 Å². The highest BCUT2D eigenvalue weighted by atomic mass is 35.6. The molecule has 0 rings (SSSR count). The average molecular weight is 143 g/mol. The van der Waals surface area contributed by atoms with E-state index in [1.54, 1.807) is 0 Å². The summed E-state index contributed by atoms with van der Waals surface area (Å²) >= 11 is 14.4. The van der Waals surface area contributed by atoms with E-state index in [1.165, 1.54) is 0 Å². The van der Waals surface area contributed by atoms with Crippen LogP contribution >= 0.6 is 34.4 Å². The Morgan fingerprint density at radius 2 is 1.00 bits per heavy atom. The van der Waals surface area contributed by atoms with E-state index in [2.05, 4.69) is 0 Å². The number of hydrogen-bond donors (Lipinski definition) is 0. The van der Waals surface area contributed by atoms with Crippen molar-refractivity contribution in [3.63, 3.8) is 0 Å². The molecule has 0 aliphatic rings. The molecule has 0 bridgehead atoms. The average Bonchev–Trinajstić information content (AvgIpc) is 0.811. The fourth-order valence-corrected chi connectivity index (χ4v) is 0. The van der Waals surface area contributed by atoms with Crippen LogP contribution in [0.2, 0.25) is 0 Å². The smallest absolute Gasteiger partial charge is 0.150 e. The van der Waals surface area contributed by atoms with Crippen molar-refractivity contribution in [2.45, 2.75) is 0 Å². The first-order valence-electron chi connectivity index (χ1n) is 0.655. The van der Waals surface area contributed by atoms with Gasteiger partial charge in [-0.25, -0.2) is 0 Å². The first-order valence-corrected chi connectivity index (χ1v) is 1.96. The van der Waals surface area contributed by atoms with Crippen LogP contribution in [0.4, 0.5) is 0 Å². The fraction of sp³-hybridized carbons (Fsp3) is 0. The SMILES string of the molecule is ClB(Cl)Cl.[MgH2]. The highest BCUT2D eigenvalue weighted by Crippen LogP contribution is 1.97. The lowest BCUT2D eigenvalue weighted by Crippen LogP contribution is -1.66. The molecule has 0 radical (unpaired) electrons. The Kier molecular flexibility index (Phi) is 11.2. The van der Waals surface area contributed by atoms with Gasteiger partial charge in [0.25, 0.3) is 0 Å². The summed E-state index contributed by atoms with van der Waals surface area (Å²) in [4.78, 5) is -0.750. The molecule has 0 aromatic carbocycles. The van der Waals surface area contributed by atoms with E-state index in [1.807, 2.05) is 0 Å². The Bertz CT molecular complexity index is 11.6. The maximum absolute atomic E-state index is 4.81. The first-order chi connectivity index (χ1) is 1.73.